The summed E-state index contributed by atoms with van der Waals surface area (Å²) >= 11 is 5.80. The summed E-state index contributed by atoms with van der Waals surface area (Å²) in [5, 5.41) is 3.82. The zero-order chi connectivity index (χ0) is 14.5. The highest BCUT2D eigenvalue weighted by atomic mass is 35.5. The molecule has 1 aromatic rings. The standard InChI is InChI=1S/C15H19ClN2O2/c1-11(12-9-17-10-12)15(19)18(2)7-8-20-14-5-3-13(16)4-6-14/h3-6,17H,7-10H2,1-2H3. The van der Waals surface area contributed by atoms with Gasteiger partial charge in [0.25, 0.3) is 0 Å². The molecule has 1 aliphatic heterocycles. The second-order valence-electron chi connectivity index (χ2n) is 4.86. The van der Waals surface area contributed by atoms with Crippen LogP contribution in [-0.4, -0.2) is 44.1 Å². The van der Waals surface area contributed by atoms with Crippen LogP contribution in [0.5, 0.6) is 5.75 Å². The predicted octanol–water partition coefficient (Wildman–Crippen LogP) is 2.10. The second kappa shape index (κ2) is 6.77. The lowest BCUT2D eigenvalue weighted by molar-refractivity contribution is -0.126. The monoisotopic (exact) mass is 294 g/mol. The third kappa shape index (κ3) is 3.74. The topological polar surface area (TPSA) is 41.6 Å². The van der Waals surface area contributed by atoms with Crippen LogP contribution in [0.15, 0.2) is 35.4 Å². The maximum atomic E-state index is 12.1. The second-order valence-corrected chi connectivity index (χ2v) is 5.30. The Morgan fingerprint density at radius 2 is 2.00 bits per heavy atom. The number of hydrogen-bond acceptors (Lipinski definition) is 3. The molecule has 0 unspecified atom stereocenters. The number of nitrogens with one attached hydrogen (secondary N) is 1. The molecule has 0 saturated carbocycles. The van der Waals surface area contributed by atoms with E-state index in [4.69, 9.17) is 16.3 Å². The molecule has 0 radical (unpaired) electrons. The normalized spacial score (nSPS) is 13.7. The fraction of sp³-hybridized carbons (Fsp3) is 0.400. The Labute approximate surface area is 124 Å². The van der Waals surface area contributed by atoms with E-state index < -0.39 is 0 Å². The molecule has 1 heterocycles. The molecule has 0 aromatic heterocycles. The molecule has 1 fully saturated rings. The van der Waals surface area contributed by atoms with Crippen molar-refractivity contribution >= 4 is 17.5 Å². The molecule has 0 spiro atoms. The minimum atomic E-state index is 0.0706. The minimum absolute atomic E-state index is 0.0706. The summed E-state index contributed by atoms with van der Waals surface area (Å²) in [4.78, 5) is 13.8. The van der Waals surface area contributed by atoms with Gasteiger partial charge in [-0.3, -0.25) is 4.79 Å². The van der Waals surface area contributed by atoms with E-state index in [2.05, 4.69) is 5.32 Å². The van der Waals surface area contributed by atoms with Crippen molar-refractivity contribution in [3.63, 3.8) is 0 Å². The summed E-state index contributed by atoms with van der Waals surface area (Å²) in [6.45, 7) is 4.55. The van der Waals surface area contributed by atoms with Crippen LogP contribution >= 0.6 is 11.6 Å². The minimum Gasteiger partial charge on any atom is -0.492 e. The molecular weight excluding hydrogens is 276 g/mol. The lowest BCUT2D eigenvalue weighted by atomic mass is 10.0. The van der Waals surface area contributed by atoms with Crippen LogP contribution in [0, 0.1) is 0 Å². The number of amides is 1. The molecule has 1 aliphatic rings. The molecule has 1 aromatic carbocycles. The highest BCUT2D eigenvalue weighted by molar-refractivity contribution is 6.30. The van der Waals surface area contributed by atoms with E-state index in [1.54, 1.807) is 24.1 Å². The maximum Gasteiger partial charge on any atom is 0.249 e. The first kappa shape index (κ1) is 14.9. The summed E-state index contributed by atoms with van der Waals surface area (Å²) in [6, 6.07) is 7.20. The van der Waals surface area contributed by atoms with Crippen LogP contribution in [-0.2, 0) is 4.79 Å². The Hall–Kier alpha value is -1.52. The van der Waals surface area contributed by atoms with Gasteiger partial charge in [0.2, 0.25) is 5.91 Å². The number of halogens is 1. The lowest BCUT2D eigenvalue weighted by Gasteiger charge is -2.24. The van der Waals surface area contributed by atoms with E-state index in [9.17, 15) is 4.79 Å². The van der Waals surface area contributed by atoms with Gasteiger partial charge in [-0.1, -0.05) is 11.6 Å². The van der Waals surface area contributed by atoms with Crippen LogP contribution < -0.4 is 10.1 Å². The summed E-state index contributed by atoms with van der Waals surface area (Å²) in [5.41, 5.74) is 2.04. The van der Waals surface area contributed by atoms with Gasteiger partial charge in [0.1, 0.15) is 12.4 Å². The number of carbonyl (C=O) groups is 1. The third-order valence-electron chi connectivity index (χ3n) is 3.38. The van der Waals surface area contributed by atoms with E-state index in [0.29, 0.717) is 18.2 Å². The molecule has 1 saturated heterocycles. The van der Waals surface area contributed by atoms with Crippen molar-refractivity contribution in [2.75, 3.05) is 33.3 Å². The van der Waals surface area contributed by atoms with Crippen molar-refractivity contribution in [3.8, 4) is 5.75 Å². The van der Waals surface area contributed by atoms with E-state index >= 15 is 0 Å². The zero-order valence-electron chi connectivity index (χ0n) is 11.8. The van der Waals surface area contributed by atoms with Crippen LogP contribution in [0.2, 0.25) is 5.02 Å². The smallest absolute Gasteiger partial charge is 0.249 e. The third-order valence-corrected chi connectivity index (χ3v) is 3.64. The molecule has 1 amide bonds. The van der Waals surface area contributed by atoms with Gasteiger partial charge in [-0.25, -0.2) is 0 Å². The van der Waals surface area contributed by atoms with E-state index in [-0.39, 0.29) is 5.91 Å². The summed E-state index contributed by atoms with van der Waals surface area (Å²) in [7, 11) is 1.80. The zero-order valence-corrected chi connectivity index (χ0v) is 12.5. The van der Waals surface area contributed by atoms with Crippen LogP contribution in [0.3, 0.4) is 0 Å². The molecule has 0 atom stereocenters. The maximum absolute atomic E-state index is 12.1. The summed E-state index contributed by atoms with van der Waals surface area (Å²) in [5.74, 6) is 0.828. The van der Waals surface area contributed by atoms with Crippen molar-refractivity contribution in [2.24, 2.45) is 0 Å². The number of nitrogens with zero attached hydrogens (tertiary/aromatic N) is 1. The first-order valence-electron chi connectivity index (χ1n) is 6.61. The van der Waals surface area contributed by atoms with Gasteiger partial charge in [0.15, 0.2) is 0 Å². The molecule has 1 N–H and O–H groups in total. The lowest BCUT2D eigenvalue weighted by Crippen LogP contribution is -2.39. The SMILES string of the molecule is CC(C(=O)N(C)CCOc1ccc(Cl)cc1)=C1CNC1. The van der Waals surface area contributed by atoms with Crippen LogP contribution in [0.25, 0.3) is 0 Å². The molecular formula is C15H19ClN2O2. The van der Waals surface area contributed by atoms with Gasteiger partial charge in [-0.05, 0) is 36.8 Å². The number of ether oxygens (including phenoxy) is 1. The number of likely N-dealkylation sites (N-methyl/N-ethyl adjacent to an activating group) is 1. The number of carbonyl (C=O) groups excluding carboxylic acids is 1. The quantitative estimate of drug-likeness (QED) is 0.846. The van der Waals surface area contributed by atoms with Gasteiger partial charge in [-0.15, -0.1) is 0 Å². The average Bonchev–Trinajstić information content (AvgIpc) is 2.38. The van der Waals surface area contributed by atoms with Crippen molar-refractivity contribution in [2.45, 2.75) is 6.92 Å². The highest BCUT2D eigenvalue weighted by Gasteiger charge is 2.18. The first-order chi connectivity index (χ1) is 9.58. The fourth-order valence-corrected chi connectivity index (χ4v) is 2.01. The van der Waals surface area contributed by atoms with Gasteiger partial charge in [-0.2, -0.15) is 0 Å². The average molecular weight is 295 g/mol. The van der Waals surface area contributed by atoms with Crippen molar-refractivity contribution in [1.29, 1.82) is 0 Å². The largest absolute Gasteiger partial charge is 0.492 e. The van der Waals surface area contributed by atoms with Crippen molar-refractivity contribution in [1.82, 2.24) is 10.2 Å². The Morgan fingerprint density at radius 1 is 1.35 bits per heavy atom. The first-order valence-corrected chi connectivity index (χ1v) is 6.99. The molecule has 0 bridgehead atoms. The molecule has 108 valence electrons. The Bertz CT molecular complexity index is 505. The van der Waals surface area contributed by atoms with Crippen molar-refractivity contribution < 1.29 is 9.53 Å². The van der Waals surface area contributed by atoms with E-state index in [0.717, 1.165) is 24.4 Å². The fourth-order valence-electron chi connectivity index (χ4n) is 1.89. The van der Waals surface area contributed by atoms with Crippen LogP contribution in [0.4, 0.5) is 0 Å². The van der Waals surface area contributed by atoms with Gasteiger partial charge < -0.3 is 15.0 Å². The number of rotatable bonds is 5. The van der Waals surface area contributed by atoms with E-state index in [1.807, 2.05) is 19.1 Å². The molecule has 2 rings (SSSR count). The number of benzene rings is 1. The van der Waals surface area contributed by atoms with E-state index in [1.165, 1.54) is 5.57 Å². The summed E-state index contributed by atoms with van der Waals surface area (Å²) < 4.78 is 5.58. The van der Waals surface area contributed by atoms with Gasteiger partial charge in [0.05, 0.1) is 6.54 Å². The number of hydrogen-bond donors (Lipinski definition) is 1. The molecule has 4 nitrogen and oxygen atoms in total. The van der Waals surface area contributed by atoms with Gasteiger partial charge in [0, 0.05) is 30.7 Å². The molecule has 0 aliphatic carbocycles. The molecule has 20 heavy (non-hydrogen) atoms. The Morgan fingerprint density at radius 3 is 2.55 bits per heavy atom. The summed E-state index contributed by atoms with van der Waals surface area (Å²) in [6.07, 6.45) is 0. The predicted molar refractivity (Wildman–Crippen MR) is 80.2 cm³/mol. The Kier molecular flexibility index (Phi) is 5.04. The molecule has 5 heteroatoms. The van der Waals surface area contributed by atoms with Crippen molar-refractivity contribution in [3.05, 3.63) is 40.4 Å². The van der Waals surface area contributed by atoms with Gasteiger partial charge >= 0.3 is 0 Å². The highest BCUT2D eigenvalue weighted by Crippen LogP contribution is 2.15. The Balaban J connectivity index is 1.78. The van der Waals surface area contributed by atoms with Crippen LogP contribution in [0.1, 0.15) is 6.92 Å².